The molecule has 1 atom stereocenters. The summed E-state index contributed by atoms with van der Waals surface area (Å²) in [6.45, 7) is 4.20. The van der Waals surface area contributed by atoms with Crippen molar-refractivity contribution in [3.8, 4) is 0 Å². The maximum Gasteiger partial charge on any atom is 0.338 e. The van der Waals surface area contributed by atoms with E-state index in [1.54, 1.807) is 36.1 Å². The minimum Gasteiger partial charge on any atom is -0.466 e. The molecule has 3 aromatic rings. The van der Waals surface area contributed by atoms with Crippen LogP contribution in [0.25, 0.3) is 5.57 Å². The van der Waals surface area contributed by atoms with E-state index in [9.17, 15) is 19.2 Å². The minimum absolute atomic E-state index is 0.202. The Kier molecular flexibility index (Phi) is 6.58. The van der Waals surface area contributed by atoms with Crippen molar-refractivity contribution >= 4 is 40.4 Å². The number of esters is 2. The topological polar surface area (TPSA) is 107 Å². The smallest absolute Gasteiger partial charge is 0.338 e. The van der Waals surface area contributed by atoms with Crippen LogP contribution in [0.1, 0.15) is 47.8 Å². The molecule has 9 nitrogen and oxygen atoms in total. The summed E-state index contributed by atoms with van der Waals surface area (Å²) in [7, 11) is 2.56. The Balaban J connectivity index is 1.78. The van der Waals surface area contributed by atoms with Crippen molar-refractivity contribution in [3.63, 3.8) is 0 Å². The number of methoxy groups -OCH3 is 2. The summed E-state index contributed by atoms with van der Waals surface area (Å²) in [6.07, 6.45) is 0.762. The van der Waals surface area contributed by atoms with Crippen LogP contribution in [-0.2, 0) is 19.1 Å². The zero-order chi connectivity index (χ0) is 27.1. The van der Waals surface area contributed by atoms with Crippen LogP contribution in [-0.4, -0.2) is 43.2 Å². The van der Waals surface area contributed by atoms with Crippen LogP contribution in [0.4, 0.5) is 5.69 Å². The van der Waals surface area contributed by atoms with Gasteiger partial charge in [0, 0.05) is 12.1 Å². The van der Waals surface area contributed by atoms with E-state index >= 15 is 0 Å². The number of aromatic nitrogens is 1. The third-order valence-corrected chi connectivity index (χ3v) is 7.70. The molecule has 38 heavy (non-hydrogen) atoms. The highest BCUT2D eigenvalue weighted by Crippen LogP contribution is 2.35. The number of allylic oxidation sites excluding steroid dienone is 1. The Labute approximate surface area is 221 Å². The van der Waals surface area contributed by atoms with Crippen LogP contribution in [0.15, 0.2) is 69.6 Å². The van der Waals surface area contributed by atoms with Crippen LogP contribution in [0.2, 0.25) is 0 Å². The van der Waals surface area contributed by atoms with Crippen molar-refractivity contribution in [2.75, 3.05) is 25.7 Å². The first-order chi connectivity index (χ1) is 18.3. The van der Waals surface area contributed by atoms with Crippen LogP contribution < -0.4 is 19.8 Å². The number of fused-ring (bicyclic) bond motifs is 2. The van der Waals surface area contributed by atoms with Crippen molar-refractivity contribution in [1.82, 2.24) is 4.57 Å². The number of hydrogen-bond donors (Lipinski definition) is 0. The van der Waals surface area contributed by atoms with Gasteiger partial charge in [0.2, 0.25) is 0 Å². The fourth-order valence-corrected chi connectivity index (χ4v) is 6.06. The molecular weight excluding hydrogens is 506 g/mol. The highest BCUT2D eigenvalue weighted by Gasteiger charge is 2.37. The first kappa shape index (κ1) is 25.3. The third kappa shape index (κ3) is 3.88. The Bertz CT molecular complexity index is 1700. The van der Waals surface area contributed by atoms with Gasteiger partial charge in [0.25, 0.3) is 11.5 Å². The van der Waals surface area contributed by atoms with Gasteiger partial charge in [0.1, 0.15) is 4.53 Å². The van der Waals surface area contributed by atoms with E-state index in [4.69, 9.17) is 9.47 Å². The predicted molar refractivity (Wildman–Crippen MR) is 142 cm³/mol. The summed E-state index contributed by atoms with van der Waals surface area (Å²) >= 11 is 1.12. The second-order valence-electron chi connectivity index (χ2n) is 8.86. The summed E-state index contributed by atoms with van der Waals surface area (Å²) in [5, 5.41) is 0. The van der Waals surface area contributed by atoms with Crippen LogP contribution in [0.3, 0.4) is 0 Å². The highest BCUT2D eigenvalue weighted by molar-refractivity contribution is 7.07. The number of para-hydroxylation sites is 1. The largest absolute Gasteiger partial charge is 0.466 e. The lowest BCUT2D eigenvalue weighted by Crippen LogP contribution is -2.41. The summed E-state index contributed by atoms with van der Waals surface area (Å²) in [6, 6.07) is 13.0. The summed E-state index contributed by atoms with van der Waals surface area (Å²) in [5.41, 5.74) is 2.88. The Hall–Kier alpha value is -4.31. The number of carbonyl (C=O) groups excluding carboxylic acids is 3. The maximum absolute atomic E-state index is 14.1. The van der Waals surface area contributed by atoms with Crippen LogP contribution in [0, 0.1) is 0 Å². The van der Waals surface area contributed by atoms with Gasteiger partial charge in [-0.2, -0.15) is 0 Å². The van der Waals surface area contributed by atoms with Gasteiger partial charge in [-0.15, -0.1) is 0 Å². The Morgan fingerprint density at radius 2 is 1.68 bits per heavy atom. The second kappa shape index (κ2) is 9.86. The van der Waals surface area contributed by atoms with E-state index in [1.165, 1.54) is 18.8 Å². The first-order valence-electron chi connectivity index (χ1n) is 12.0. The molecular formula is C28H25N3O6S. The normalized spacial score (nSPS) is 17.6. The molecule has 0 saturated carbocycles. The fourth-order valence-electron chi connectivity index (χ4n) is 4.92. The average Bonchev–Trinajstić information content (AvgIpc) is 3.39. The molecule has 1 amide bonds. The Morgan fingerprint density at radius 1 is 1.00 bits per heavy atom. The number of ether oxygens (including phenoxy) is 2. The fraction of sp³-hybridized carbons (Fsp3) is 0.250. The molecule has 1 aromatic heterocycles. The van der Waals surface area contributed by atoms with Gasteiger partial charge in [-0.05, 0) is 37.1 Å². The number of carbonyl (C=O) groups is 3. The van der Waals surface area contributed by atoms with Crippen molar-refractivity contribution in [2.24, 2.45) is 4.99 Å². The van der Waals surface area contributed by atoms with Crippen molar-refractivity contribution < 1.29 is 23.9 Å². The van der Waals surface area contributed by atoms with E-state index in [0.29, 0.717) is 39.3 Å². The number of thiazole rings is 1. The lowest BCUT2D eigenvalue weighted by molar-refractivity contribution is -0.136. The van der Waals surface area contributed by atoms with Crippen LogP contribution in [0.5, 0.6) is 0 Å². The molecule has 0 aliphatic carbocycles. The number of benzene rings is 2. The van der Waals surface area contributed by atoms with Crippen molar-refractivity contribution in [1.29, 1.82) is 0 Å². The number of amides is 1. The monoisotopic (exact) mass is 531 g/mol. The van der Waals surface area contributed by atoms with Gasteiger partial charge in [-0.3, -0.25) is 14.2 Å². The number of anilines is 1. The van der Waals surface area contributed by atoms with Gasteiger partial charge in [0.05, 0.1) is 48.4 Å². The summed E-state index contributed by atoms with van der Waals surface area (Å²) in [4.78, 5) is 59.1. The van der Waals surface area contributed by atoms with E-state index < -0.39 is 23.5 Å². The first-order valence-corrected chi connectivity index (χ1v) is 12.9. The van der Waals surface area contributed by atoms with E-state index in [-0.39, 0.29) is 16.0 Å². The summed E-state index contributed by atoms with van der Waals surface area (Å²) < 4.78 is 11.5. The number of hydrogen-bond acceptors (Lipinski definition) is 8. The van der Waals surface area contributed by atoms with Crippen LogP contribution >= 0.6 is 11.3 Å². The molecule has 0 bridgehead atoms. The van der Waals surface area contributed by atoms with Crippen molar-refractivity contribution in [2.45, 2.75) is 26.3 Å². The van der Waals surface area contributed by atoms with E-state index in [0.717, 1.165) is 23.4 Å². The van der Waals surface area contributed by atoms with Gasteiger partial charge in [-0.25, -0.2) is 14.6 Å². The Morgan fingerprint density at radius 3 is 2.34 bits per heavy atom. The molecule has 2 aromatic carbocycles. The van der Waals surface area contributed by atoms with E-state index in [2.05, 4.69) is 4.99 Å². The lowest BCUT2D eigenvalue weighted by atomic mass is 9.95. The standard InChI is InChI=1S/C28H25N3O6S/c1-5-14-30-19-9-7-6-8-18(19)21(24(30)32)23-25(33)31-22(16-10-12-17(13-11-16)26(34)36-3)20(27(35)37-4)15(2)29-28(31)38-23/h6-13,22H,5,14H2,1-4H3. The molecule has 2 aliphatic heterocycles. The van der Waals surface area contributed by atoms with Gasteiger partial charge < -0.3 is 14.4 Å². The third-order valence-electron chi connectivity index (χ3n) is 6.65. The quantitative estimate of drug-likeness (QED) is 0.468. The second-order valence-corrected chi connectivity index (χ2v) is 9.83. The molecule has 3 heterocycles. The minimum atomic E-state index is -0.863. The van der Waals surface area contributed by atoms with E-state index in [1.807, 2.05) is 31.2 Å². The predicted octanol–water partition coefficient (Wildman–Crippen LogP) is 2.32. The number of rotatable bonds is 5. The van der Waals surface area contributed by atoms with Gasteiger partial charge in [0.15, 0.2) is 4.80 Å². The average molecular weight is 532 g/mol. The lowest BCUT2D eigenvalue weighted by Gasteiger charge is -2.24. The zero-order valence-electron chi connectivity index (χ0n) is 21.3. The SMILES string of the molecule is CCCN1C(=O)C(=c2sc3n(c2=O)C(c2ccc(C(=O)OC)cc2)C(C(=O)OC)=C(C)N=3)c2ccccc21. The summed E-state index contributed by atoms with van der Waals surface area (Å²) in [5.74, 6) is -1.36. The molecule has 0 fully saturated rings. The molecule has 0 radical (unpaired) electrons. The molecule has 1 unspecified atom stereocenters. The van der Waals surface area contributed by atoms with Gasteiger partial charge >= 0.3 is 11.9 Å². The molecule has 5 rings (SSSR count). The molecule has 2 aliphatic rings. The molecule has 194 valence electrons. The highest BCUT2D eigenvalue weighted by atomic mass is 32.1. The maximum atomic E-state index is 14.1. The zero-order valence-corrected chi connectivity index (χ0v) is 22.1. The molecule has 10 heteroatoms. The number of nitrogens with zero attached hydrogens (tertiary/aromatic N) is 3. The molecule has 0 N–H and O–H groups in total. The molecule has 0 saturated heterocycles. The van der Waals surface area contributed by atoms with Crippen molar-refractivity contribution in [3.05, 3.63) is 96.2 Å². The van der Waals surface area contributed by atoms with Gasteiger partial charge in [-0.1, -0.05) is 48.6 Å². The molecule has 0 spiro atoms.